The molecule has 1 amide bonds. The van der Waals surface area contributed by atoms with E-state index in [0.717, 1.165) is 12.8 Å². The number of aryl methyl sites for hydroxylation is 1. The molecule has 0 saturated carbocycles. The number of hydrogen-bond acceptors (Lipinski definition) is 1. The first kappa shape index (κ1) is 17.0. The maximum absolute atomic E-state index is 13.5. The third-order valence-electron chi connectivity index (χ3n) is 3.14. The molecule has 0 aliphatic carbocycles. The topological polar surface area (TPSA) is 20.3 Å². The van der Waals surface area contributed by atoms with Crippen LogP contribution in [0.15, 0.2) is 12.1 Å². The largest absolute Gasteiger partial charge is 0.311 e. The van der Waals surface area contributed by atoms with Crippen LogP contribution in [0.3, 0.4) is 0 Å². The smallest absolute Gasteiger partial charge is 0.227 e. The third-order valence-corrected chi connectivity index (χ3v) is 3.44. The molecular weight excluding hydrogens is 277 g/mol. The number of benzene rings is 1. The molecule has 0 atom stereocenters. The minimum absolute atomic E-state index is 0.0429. The van der Waals surface area contributed by atoms with Crippen LogP contribution in [0, 0.1) is 18.7 Å². The summed E-state index contributed by atoms with van der Waals surface area (Å²) in [5, 5.41) is 0.293. The lowest BCUT2D eigenvalue weighted by Gasteiger charge is -2.25. The van der Waals surface area contributed by atoms with Crippen LogP contribution in [0.5, 0.6) is 0 Å². The van der Waals surface area contributed by atoms with Crippen molar-refractivity contribution in [2.45, 2.75) is 47.0 Å². The van der Waals surface area contributed by atoms with Crippen molar-refractivity contribution in [3.05, 3.63) is 28.5 Å². The lowest BCUT2D eigenvalue weighted by atomic mass is 10.1. The molecule has 0 saturated heterocycles. The van der Waals surface area contributed by atoms with Crippen LogP contribution in [0.2, 0.25) is 5.02 Å². The van der Waals surface area contributed by atoms with Crippen molar-refractivity contribution in [1.82, 2.24) is 0 Å². The van der Waals surface area contributed by atoms with Crippen LogP contribution >= 0.6 is 11.6 Å². The molecule has 0 aromatic heterocycles. The van der Waals surface area contributed by atoms with Crippen molar-refractivity contribution in [3.8, 4) is 0 Å². The molecule has 0 bridgehead atoms. The normalized spacial score (nSPS) is 10.9. The van der Waals surface area contributed by atoms with Gasteiger partial charge < -0.3 is 4.90 Å². The average molecular weight is 300 g/mol. The standard InChI is InChI=1S/C16H23ClFNO/c1-5-6-7-19(16(20)8-11(2)3)15-9-12(4)14(18)10-13(15)17/h9-11H,5-8H2,1-4H3. The van der Waals surface area contributed by atoms with E-state index >= 15 is 0 Å². The highest BCUT2D eigenvalue weighted by molar-refractivity contribution is 6.33. The Morgan fingerprint density at radius 2 is 2.05 bits per heavy atom. The van der Waals surface area contributed by atoms with E-state index in [2.05, 4.69) is 6.92 Å². The second-order valence-electron chi connectivity index (χ2n) is 5.55. The molecule has 0 fully saturated rings. The predicted octanol–water partition coefficient (Wildman–Crippen LogP) is 4.97. The second kappa shape index (κ2) is 7.63. The summed E-state index contributed by atoms with van der Waals surface area (Å²) in [6.07, 6.45) is 2.36. The number of rotatable bonds is 6. The molecule has 0 spiro atoms. The van der Waals surface area contributed by atoms with Crippen molar-refractivity contribution in [2.75, 3.05) is 11.4 Å². The summed E-state index contributed by atoms with van der Waals surface area (Å²) in [6.45, 7) is 8.39. The van der Waals surface area contributed by atoms with Crippen molar-refractivity contribution >= 4 is 23.2 Å². The number of amides is 1. The van der Waals surface area contributed by atoms with Crippen molar-refractivity contribution in [3.63, 3.8) is 0 Å². The minimum atomic E-state index is -0.342. The lowest BCUT2D eigenvalue weighted by molar-refractivity contribution is -0.119. The Bertz CT molecular complexity index is 474. The summed E-state index contributed by atoms with van der Waals surface area (Å²) in [7, 11) is 0. The van der Waals surface area contributed by atoms with Crippen LogP contribution < -0.4 is 4.90 Å². The van der Waals surface area contributed by atoms with Gasteiger partial charge in [0.15, 0.2) is 0 Å². The monoisotopic (exact) mass is 299 g/mol. The van der Waals surface area contributed by atoms with Gasteiger partial charge in [0.05, 0.1) is 10.7 Å². The zero-order chi connectivity index (χ0) is 15.3. The minimum Gasteiger partial charge on any atom is -0.311 e. The van der Waals surface area contributed by atoms with E-state index in [4.69, 9.17) is 11.6 Å². The van der Waals surface area contributed by atoms with Gasteiger partial charge in [-0.1, -0.05) is 38.8 Å². The van der Waals surface area contributed by atoms with Crippen LogP contribution in [0.25, 0.3) is 0 Å². The van der Waals surface area contributed by atoms with Crippen LogP contribution in [0.1, 0.15) is 45.6 Å². The molecule has 112 valence electrons. The Morgan fingerprint density at radius 3 is 2.60 bits per heavy atom. The van der Waals surface area contributed by atoms with Gasteiger partial charge in [0, 0.05) is 13.0 Å². The fraction of sp³-hybridized carbons (Fsp3) is 0.562. The van der Waals surface area contributed by atoms with Gasteiger partial charge in [-0.15, -0.1) is 0 Å². The summed E-state index contributed by atoms with van der Waals surface area (Å²) in [6, 6.07) is 2.94. The average Bonchev–Trinajstić information content (AvgIpc) is 2.34. The SMILES string of the molecule is CCCCN(C(=O)CC(C)C)c1cc(C)c(F)cc1Cl. The maximum Gasteiger partial charge on any atom is 0.227 e. The quantitative estimate of drug-likeness (QED) is 0.726. The van der Waals surface area contributed by atoms with Gasteiger partial charge in [-0.3, -0.25) is 4.79 Å². The van der Waals surface area contributed by atoms with Gasteiger partial charge in [0.2, 0.25) is 5.91 Å². The molecule has 1 aromatic carbocycles. The fourth-order valence-corrected chi connectivity index (χ4v) is 2.26. The summed E-state index contributed by atoms with van der Waals surface area (Å²) >= 11 is 6.12. The zero-order valence-corrected chi connectivity index (χ0v) is 13.4. The van der Waals surface area contributed by atoms with Gasteiger partial charge in [0.25, 0.3) is 0 Å². The summed E-state index contributed by atoms with van der Waals surface area (Å²) in [5.74, 6) is -0.0150. The summed E-state index contributed by atoms with van der Waals surface area (Å²) in [5.41, 5.74) is 1.12. The third kappa shape index (κ3) is 4.48. The molecule has 2 nitrogen and oxygen atoms in total. The van der Waals surface area contributed by atoms with Gasteiger partial charge in [0.1, 0.15) is 5.82 Å². The zero-order valence-electron chi connectivity index (χ0n) is 12.7. The number of hydrogen-bond donors (Lipinski definition) is 0. The van der Waals surface area contributed by atoms with Crippen molar-refractivity contribution < 1.29 is 9.18 Å². The number of carbonyl (C=O) groups is 1. The molecule has 0 N–H and O–H groups in total. The Morgan fingerprint density at radius 1 is 1.40 bits per heavy atom. The first-order valence-electron chi connectivity index (χ1n) is 7.12. The number of unbranched alkanes of at least 4 members (excludes halogenated alkanes) is 1. The van der Waals surface area contributed by atoms with Gasteiger partial charge in [-0.05, 0) is 37.0 Å². The maximum atomic E-state index is 13.5. The number of carbonyl (C=O) groups excluding carboxylic acids is 1. The molecular formula is C16H23ClFNO. The van der Waals surface area contributed by atoms with Crippen LogP contribution in [-0.2, 0) is 4.79 Å². The highest BCUT2D eigenvalue weighted by atomic mass is 35.5. The van der Waals surface area contributed by atoms with E-state index in [0.29, 0.717) is 29.2 Å². The van der Waals surface area contributed by atoms with Crippen LogP contribution in [-0.4, -0.2) is 12.5 Å². The number of halogens is 2. The highest BCUT2D eigenvalue weighted by Crippen LogP contribution is 2.30. The van der Waals surface area contributed by atoms with Crippen molar-refractivity contribution in [1.29, 1.82) is 0 Å². The highest BCUT2D eigenvalue weighted by Gasteiger charge is 2.20. The first-order valence-corrected chi connectivity index (χ1v) is 7.50. The predicted molar refractivity (Wildman–Crippen MR) is 82.9 cm³/mol. The van der Waals surface area contributed by atoms with E-state index < -0.39 is 0 Å². The Labute approximate surface area is 125 Å². The van der Waals surface area contributed by atoms with Gasteiger partial charge >= 0.3 is 0 Å². The summed E-state index contributed by atoms with van der Waals surface area (Å²) < 4.78 is 13.5. The van der Waals surface area contributed by atoms with Gasteiger partial charge in [-0.2, -0.15) is 0 Å². The Balaban J connectivity index is 3.10. The van der Waals surface area contributed by atoms with E-state index in [9.17, 15) is 9.18 Å². The molecule has 0 aliphatic heterocycles. The molecule has 1 rings (SSSR count). The Hall–Kier alpha value is -1.09. The van der Waals surface area contributed by atoms with E-state index in [1.807, 2.05) is 13.8 Å². The molecule has 0 heterocycles. The number of anilines is 1. The van der Waals surface area contributed by atoms with E-state index in [1.165, 1.54) is 6.07 Å². The molecule has 0 radical (unpaired) electrons. The van der Waals surface area contributed by atoms with Crippen molar-refractivity contribution in [2.24, 2.45) is 5.92 Å². The lowest BCUT2D eigenvalue weighted by Crippen LogP contribution is -2.33. The fourth-order valence-electron chi connectivity index (χ4n) is 2.00. The van der Waals surface area contributed by atoms with Crippen LogP contribution in [0.4, 0.5) is 10.1 Å². The molecule has 1 aromatic rings. The molecule has 0 unspecified atom stereocenters. The molecule has 4 heteroatoms. The molecule has 0 aliphatic rings. The number of nitrogens with zero attached hydrogens (tertiary/aromatic N) is 1. The second-order valence-corrected chi connectivity index (χ2v) is 5.96. The van der Waals surface area contributed by atoms with E-state index in [1.54, 1.807) is 17.9 Å². The van der Waals surface area contributed by atoms with E-state index in [-0.39, 0.29) is 17.6 Å². The Kier molecular flexibility index (Phi) is 6.47. The molecule has 20 heavy (non-hydrogen) atoms. The van der Waals surface area contributed by atoms with Gasteiger partial charge in [-0.25, -0.2) is 4.39 Å². The first-order chi connectivity index (χ1) is 9.36. The summed E-state index contributed by atoms with van der Waals surface area (Å²) in [4.78, 5) is 14.1.